The first-order valence-corrected chi connectivity index (χ1v) is 8.68. The van der Waals surface area contributed by atoms with E-state index < -0.39 is 0 Å². The summed E-state index contributed by atoms with van der Waals surface area (Å²) >= 11 is 8.76. The van der Waals surface area contributed by atoms with E-state index >= 15 is 0 Å². The maximum Gasteiger partial charge on any atom is 0.257 e. The van der Waals surface area contributed by atoms with Crippen LogP contribution in [0.3, 0.4) is 0 Å². The maximum atomic E-state index is 12.1. The van der Waals surface area contributed by atoms with E-state index in [0.717, 1.165) is 16.6 Å². The quantitative estimate of drug-likeness (QED) is 0.714. The molecule has 5 heteroatoms. The van der Waals surface area contributed by atoms with Crippen LogP contribution >= 0.6 is 28.1 Å². The monoisotopic (exact) mass is 390 g/mol. The molecule has 3 nitrogen and oxygen atoms in total. The Bertz CT molecular complexity index is 703. The summed E-state index contributed by atoms with van der Waals surface area (Å²) in [7, 11) is 0. The van der Waals surface area contributed by atoms with E-state index in [0.29, 0.717) is 11.5 Å². The van der Waals surface area contributed by atoms with Gasteiger partial charge in [-0.05, 0) is 70.3 Å². The van der Waals surface area contributed by atoms with Crippen molar-refractivity contribution >= 4 is 44.9 Å². The number of amides is 1. The maximum absolute atomic E-state index is 12.1. The van der Waals surface area contributed by atoms with Gasteiger partial charge in [-0.1, -0.05) is 38.1 Å². The first kappa shape index (κ1) is 17.6. The molecule has 0 aliphatic heterocycles. The number of carbonyl (C=O) groups excluding carboxylic acids is 1. The van der Waals surface area contributed by atoms with Gasteiger partial charge in [-0.25, -0.2) is 0 Å². The summed E-state index contributed by atoms with van der Waals surface area (Å²) in [6.45, 7) is 4.36. The van der Waals surface area contributed by atoms with Crippen molar-refractivity contribution in [3.05, 3.63) is 64.1 Å². The van der Waals surface area contributed by atoms with Gasteiger partial charge >= 0.3 is 0 Å². The molecule has 23 heavy (non-hydrogen) atoms. The number of nitrogens with one attached hydrogen (secondary N) is 2. The highest BCUT2D eigenvalue weighted by Gasteiger charge is 2.10. The van der Waals surface area contributed by atoms with Crippen LogP contribution in [0.1, 0.15) is 42.1 Å². The Morgan fingerprint density at radius 1 is 1.22 bits per heavy atom. The molecule has 0 aliphatic rings. The lowest BCUT2D eigenvalue weighted by atomic mass is 9.99. The molecule has 0 fully saturated rings. The number of hydrogen-bond donors (Lipinski definition) is 2. The number of carbonyl (C=O) groups is 1. The molecule has 2 aromatic carbocycles. The third kappa shape index (κ3) is 4.88. The van der Waals surface area contributed by atoms with E-state index in [1.807, 2.05) is 24.3 Å². The van der Waals surface area contributed by atoms with Crippen LogP contribution < -0.4 is 10.6 Å². The first-order chi connectivity index (χ1) is 11.0. The molecule has 2 rings (SSSR count). The second kappa shape index (κ2) is 8.22. The number of anilines is 1. The molecule has 0 bridgehead atoms. The van der Waals surface area contributed by atoms with Gasteiger partial charge in [0, 0.05) is 10.0 Å². The third-order valence-electron chi connectivity index (χ3n) is 3.69. The molecule has 0 saturated carbocycles. The lowest BCUT2D eigenvalue weighted by Crippen LogP contribution is -2.34. The molecule has 0 spiro atoms. The Labute approximate surface area is 150 Å². The summed E-state index contributed by atoms with van der Waals surface area (Å²) in [5.74, 6) is 0.278. The van der Waals surface area contributed by atoms with Crippen LogP contribution in [0.2, 0.25) is 0 Å². The minimum Gasteiger partial charge on any atom is -0.331 e. The van der Waals surface area contributed by atoms with E-state index in [1.54, 1.807) is 12.1 Å². The van der Waals surface area contributed by atoms with Crippen molar-refractivity contribution in [1.82, 2.24) is 5.32 Å². The molecule has 1 atom stereocenters. The second-order valence-corrected chi connectivity index (χ2v) is 6.59. The molecule has 2 aromatic rings. The summed E-state index contributed by atoms with van der Waals surface area (Å²) in [5, 5.41) is 6.00. The first-order valence-electron chi connectivity index (χ1n) is 7.48. The van der Waals surface area contributed by atoms with Gasteiger partial charge in [-0.15, -0.1) is 0 Å². The predicted molar refractivity (Wildman–Crippen MR) is 103 cm³/mol. The van der Waals surface area contributed by atoms with Crippen LogP contribution in [0.4, 0.5) is 5.69 Å². The molecular weight excluding hydrogens is 372 g/mol. The van der Waals surface area contributed by atoms with Gasteiger partial charge < -0.3 is 5.32 Å². The fraction of sp³-hybridized carbons (Fsp3) is 0.222. The van der Waals surface area contributed by atoms with Gasteiger partial charge in [0.2, 0.25) is 0 Å². The van der Waals surface area contributed by atoms with Crippen molar-refractivity contribution in [2.75, 3.05) is 5.32 Å². The Morgan fingerprint density at radius 2 is 1.91 bits per heavy atom. The number of hydrogen-bond acceptors (Lipinski definition) is 2. The highest BCUT2D eigenvalue weighted by molar-refractivity contribution is 9.10. The topological polar surface area (TPSA) is 41.1 Å². The van der Waals surface area contributed by atoms with Gasteiger partial charge in [0.05, 0.1) is 5.69 Å². The summed E-state index contributed by atoms with van der Waals surface area (Å²) in [5.41, 5.74) is 2.67. The molecule has 0 heterocycles. The summed E-state index contributed by atoms with van der Waals surface area (Å²) in [6, 6.07) is 15.1. The highest BCUT2D eigenvalue weighted by atomic mass is 79.9. The van der Waals surface area contributed by atoms with Gasteiger partial charge in [0.15, 0.2) is 5.11 Å². The SMILES string of the molecule is CCC(C)c1ccc(NC(=S)NC(=O)c2ccccc2)c(Br)c1. The minimum atomic E-state index is -0.226. The lowest BCUT2D eigenvalue weighted by molar-refractivity contribution is 0.0977. The molecule has 0 saturated heterocycles. The largest absolute Gasteiger partial charge is 0.331 e. The fourth-order valence-corrected chi connectivity index (χ4v) is 2.79. The van der Waals surface area contributed by atoms with Crippen molar-refractivity contribution in [3.63, 3.8) is 0 Å². The number of halogens is 1. The zero-order chi connectivity index (χ0) is 16.8. The second-order valence-electron chi connectivity index (χ2n) is 5.32. The molecular formula is C18H19BrN2OS. The standard InChI is InChI=1S/C18H19BrN2OS/c1-3-12(2)14-9-10-16(15(19)11-14)20-18(23)21-17(22)13-7-5-4-6-8-13/h4-12H,3H2,1-2H3,(H2,20,21,22,23). The van der Waals surface area contributed by atoms with Crippen LogP contribution in [0, 0.1) is 0 Å². The van der Waals surface area contributed by atoms with Crippen molar-refractivity contribution in [3.8, 4) is 0 Å². The van der Waals surface area contributed by atoms with Crippen LogP contribution in [-0.2, 0) is 0 Å². The van der Waals surface area contributed by atoms with E-state index in [9.17, 15) is 4.79 Å². The molecule has 0 radical (unpaired) electrons. The van der Waals surface area contributed by atoms with Crippen LogP contribution in [0.5, 0.6) is 0 Å². The smallest absolute Gasteiger partial charge is 0.257 e. The van der Waals surface area contributed by atoms with E-state index in [2.05, 4.69) is 52.5 Å². The molecule has 1 amide bonds. The molecule has 0 aromatic heterocycles. The van der Waals surface area contributed by atoms with Gasteiger partial charge in [-0.3, -0.25) is 10.1 Å². The van der Waals surface area contributed by atoms with Crippen molar-refractivity contribution in [1.29, 1.82) is 0 Å². The van der Waals surface area contributed by atoms with Crippen molar-refractivity contribution in [2.24, 2.45) is 0 Å². The lowest BCUT2D eigenvalue weighted by Gasteiger charge is -2.14. The Hall–Kier alpha value is -1.72. The van der Waals surface area contributed by atoms with Gasteiger partial charge in [0.1, 0.15) is 0 Å². The Balaban J connectivity index is 2.02. The number of thiocarbonyl (C=S) groups is 1. The average molecular weight is 391 g/mol. The molecule has 2 N–H and O–H groups in total. The summed E-state index contributed by atoms with van der Waals surface area (Å²) < 4.78 is 0.923. The summed E-state index contributed by atoms with van der Waals surface area (Å²) in [4.78, 5) is 12.1. The number of benzene rings is 2. The third-order valence-corrected chi connectivity index (χ3v) is 4.55. The average Bonchev–Trinajstić information content (AvgIpc) is 2.56. The van der Waals surface area contributed by atoms with E-state index in [-0.39, 0.29) is 11.0 Å². The van der Waals surface area contributed by atoms with Gasteiger partial charge in [0.25, 0.3) is 5.91 Å². The van der Waals surface area contributed by atoms with E-state index in [1.165, 1.54) is 5.56 Å². The molecule has 120 valence electrons. The molecule has 1 unspecified atom stereocenters. The van der Waals surface area contributed by atoms with Crippen LogP contribution in [0.15, 0.2) is 53.0 Å². The zero-order valence-electron chi connectivity index (χ0n) is 13.1. The Kier molecular flexibility index (Phi) is 6.30. The normalized spacial score (nSPS) is 11.6. The Morgan fingerprint density at radius 3 is 2.52 bits per heavy atom. The fourth-order valence-electron chi connectivity index (χ4n) is 2.09. The van der Waals surface area contributed by atoms with Crippen molar-refractivity contribution < 1.29 is 4.79 Å². The minimum absolute atomic E-state index is 0.226. The predicted octanol–water partition coefficient (Wildman–Crippen LogP) is 5.09. The van der Waals surface area contributed by atoms with Gasteiger partial charge in [-0.2, -0.15) is 0 Å². The highest BCUT2D eigenvalue weighted by Crippen LogP contribution is 2.28. The molecule has 0 aliphatic carbocycles. The van der Waals surface area contributed by atoms with Crippen LogP contribution in [0.25, 0.3) is 0 Å². The number of rotatable bonds is 4. The zero-order valence-corrected chi connectivity index (χ0v) is 15.5. The summed E-state index contributed by atoms with van der Waals surface area (Å²) in [6.07, 6.45) is 1.09. The van der Waals surface area contributed by atoms with Crippen molar-refractivity contribution in [2.45, 2.75) is 26.2 Å². The van der Waals surface area contributed by atoms with Crippen LogP contribution in [-0.4, -0.2) is 11.0 Å². The van der Waals surface area contributed by atoms with E-state index in [4.69, 9.17) is 12.2 Å².